The highest BCUT2D eigenvalue weighted by molar-refractivity contribution is 5.20. The molecule has 1 aromatic rings. The van der Waals surface area contributed by atoms with E-state index in [1.54, 1.807) is 0 Å². The van der Waals surface area contributed by atoms with Gasteiger partial charge in [0.15, 0.2) is 0 Å². The molecule has 2 nitrogen and oxygen atoms in total. The van der Waals surface area contributed by atoms with Gasteiger partial charge in [-0.05, 0) is 25.5 Å². The topological polar surface area (TPSA) is 29.5 Å². The summed E-state index contributed by atoms with van der Waals surface area (Å²) >= 11 is 0. The molecule has 18 heavy (non-hydrogen) atoms. The van der Waals surface area contributed by atoms with Gasteiger partial charge >= 0.3 is 0 Å². The van der Waals surface area contributed by atoms with Gasteiger partial charge in [-0.3, -0.25) is 0 Å². The van der Waals surface area contributed by atoms with Crippen molar-refractivity contribution in [2.45, 2.75) is 45.3 Å². The fraction of sp³-hybridized carbons (Fsp3) is 0.571. The van der Waals surface area contributed by atoms with Gasteiger partial charge in [0, 0.05) is 18.6 Å². The molecule has 2 atom stereocenters. The van der Waals surface area contributed by atoms with E-state index in [1.807, 2.05) is 13.8 Å². The molecule has 0 aliphatic carbocycles. The molecule has 0 aliphatic heterocycles. The van der Waals surface area contributed by atoms with Crippen molar-refractivity contribution in [3.05, 3.63) is 35.4 Å². The molecule has 0 aliphatic rings. The lowest BCUT2D eigenvalue weighted by atomic mass is 10.00. The summed E-state index contributed by atoms with van der Waals surface area (Å²) in [4.78, 5) is 0. The first kappa shape index (κ1) is 15.1. The van der Waals surface area contributed by atoms with Crippen LogP contribution >= 0.6 is 0 Å². The van der Waals surface area contributed by atoms with Crippen molar-refractivity contribution in [1.82, 2.24) is 0 Å². The largest absolute Gasteiger partial charge is 0.390 e. The van der Waals surface area contributed by atoms with Crippen molar-refractivity contribution in [2.75, 3.05) is 6.61 Å². The molecule has 0 aromatic heterocycles. The molecule has 0 spiro atoms. The third kappa shape index (κ3) is 4.03. The minimum Gasteiger partial charge on any atom is -0.390 e. The van der Waals surface area contributed by atoms with Gasteiger partial charge in [0.2, 0.25) is 0 Å². The van der Waals surface area contributed by atoms with Gasteiger partial charge in [-0.25, -0.2) is 8.78 Å². The van der Waals surface area contributed by atoms with Gasteiger partial charge < -0.3 is 9.84 Å². The first-order valence-electron chi connectivity index (χ1n) is 6.32. The second-order valence-corrected chi connectivity index (χ2v) is 4.25. The number of rotatable bonds is 7. The molecular weight excluding hydrogens is 238 g/mol. The first-order valence-corrected chi connectivity index (χ1v) is 6.32. The third-order valence-corrected chi connectivity index (χ3v) is 2.86. The summed E-state index contributed by atoms with van der Waals surface area (Å²) in [6.45, 7) is 4.28. The molecule has 1 rings (SSSR count). The van der Waals surface area contributed by atoms with Crippen molar-refractivity contribution in [2.24, 2.45) is 0 Å². The van der Waals surface area contributed by atoms with E-state index < -0.39 is 17.7 Å². The van der Waals surface area contributed by atoms with Gasteiger partial charge in [0.25, 0.3) is 0 Å². The number of aliphatic hydroxyl groups excluding tert-OH is 1. The lowest BCUT2D eigenvalue weighted by Gasteiger charge is -2.22. The van der Waals surface area contributed by atoms with Crippen LogP contribution in [0.25, 0.3) is 0 Å². The number of aliphatic hydroxyl groups is 1. The Hall–Kier alpha value is -1.00. The van der Waals surface area contributed by atoms with Crippen molar-refractivity contribution < 1.29 is 18.6 Å². The van der Waals surface area contributed by atoms with E-state index >= 15 is 0 Å². The van der Waals surface area contributed by atoms with E-state index in [1.165, 1.54) is 18.2 Å². The van der Waals surface area contributed by atoms with Crippen LogP contribution in [0, 0.1) is 11.6 Å². The molecule has 0 bridgehead atoms. The number of benzene rings is 1. The molecule has 0 fully saturated rings. The monoisotopic (exact) mass is 258 g/mol. The third-order valence-electron chi connectivity index (χ3n) is 2.86. The van der Waals surface area contributed by atoms with Crippen LogP contribution in [0.15, 0.2) is 18.2 Å². The minimum absolute atomic E-state index is 0.0663. The molecule has 1 aromatic carbocycles. The summed E-state index contributed by atoms with van der Waals surface area (Å²) in [6.07, 6.45) is 0.186. The molecular formula is C14H20F2O2. The Morgan fingerprint density at radius 3 is 2.33 bits per heavy atom. The highest BCUT2D eigenvalue weighted by Gasteiger charge is 2.22. The summed E-state index contributed by atoms with van der Waals surface area (Å²) in [7, 11) is 0. The molecule has 0 saturated heterocycles. The average Bonchev–Trinajstić information content (AvgIpc) is 2.33. The second kappa shape index (κ2) is 7.44. The molecule has 0 amide bonds. The number of ether oxygens (including phenoxy) is 1. The van der Waals surface area contributed by atoms with Crippen molar-refractivity contribution in [3.63, 3.8) is 0 Å². The van der Waals surface area contributed by atoms with Crippen LogP contribution in [0.2, 0.25) is 0 Å². The SMILES string of the molecule is CCCC(OCC)C(O)Cc1c(F)cccc1F. The first-order chi connectivity index (χ1) is 8.60. The number of hydrogen-bond donors (Lipinski definition) is 1. The Bertz CT molecular complexity index is 343. The Balaban J connectivity index is 2.75. The molecule has 0 saturated carbocycles. The quantitative estimate of drug-likeness (QED) is 0.814. The van der Waals surface area contributed by atoms with Crippen LogP contribution in [-0.4, -0.2) is 23.9 Å². The van der Waals surface area contributed by atoms with Gasteiger partial charge in [-0.15, -0.1) is 0 Å². The maximum atomic E-state index is 13.5. The van der Waals surface area contributed by atoms with Crippen molar-refractivity contribution in [1.29, 1.82) is 0 Å². The Kier molecular flexibility index (Phi) is 6.22. The average molecular weight is 258 g/mol. The normalized spacial score (nSPS) is 14.5. The van der Waals surface area contributed by atoms with E-state index in [2.05, 4.69) is 0 Å². The Morgan fingerprint density at radius 1 is 1.22 bits per heavy atom. The van der Waals surface area contributed by atoms with Crippen LogP contribution < -0.4 is 0 Å². The van der Waals surface area contributed by atoms with Gasteiger partial charge in [0.05, 0.1) is 12.2 Å². The maximum Gasteiger partial charge on any atom is 0.129 e. The van der Waals surface area contributed by atoms with Crippen LogP contribution in [0.4, 0.5) is 8.78 Å². The zero-order valence-electron chi connectivity index (χ0n) is 10.8. The van der Waals surface area contributed by atoms with E-state index in [-0.39, 0.29) is 18.1 Å². The fourth-order valence-corrected chi connectivity index (χ4v) is 1.95. The molecule has 102 valence electrons. The summed E-state index contributed by atoms with van der Waals surface area (Å²) in [6, 6.07) is 3.70. The molecule has 2 unspecified atom stereocenters. The summed E-state index contributed by atoms with van der Waals surface area (Å²) < 4.78 is 32.3. The van der Waals surface area contributed by atoms with Crippen LogP contribution in [-0.2, 0) is 11.2 Å². The van der Waals surface area contributed by atoms with E-state index in [0.717, 1.165) is 6.42 Å². The van der Waals surface area contributed by atoms with Crippen LogP contribution in [0.3, 0.4) is 0 Å². The summed E-state index contributed by atoms with van der Waals surface area (Å²) in [5.41, 5.74) is -0.0780. The zero-order valence-corrected chi connectivity index (χ0v) is 10.8. The van der Waals surface area contributed by atoms with Crippen LogP contribution in [0.5, 0.6) is 0 Å². The van der Waals surface area contributed by atoms with E-state index in [4.69, 9.17) is 4.74 Å². The lowest BCUT2D eigenvalue weighted by Crippen LogP contribution is -2.31. The molecule has 0 heterocycles. The molecule has 4 heteroatoms. The maximum absolute atomic E-state index is 13.5. The van der Waals surface area contributed by atoms with Crippen LogP contribution in [0.1, 0.15) is 32.3 Å². The molecule has 1 N–H and O–H groups in total. The van der Waals surface area contributed by atoms with Gasteiger partial charge in [-0.1, -0.05) is 19.4 Å². The lowest BCUT2D eigenvalue weighted by molar-refractivity contribution is -0.0369. The highest BCUT2D eigenvalue weighted by atomic mass is 19.1. The van der Waals surface area contributed by atoms with Crippen molar-refractivity contribution in [3.8, 4) is 0 Å². The Morgan fingerprint density at radius 2 is 1.83 bits per heavy atom. The number of halogens is 2. The minimum atomic E-state index is -0.892. The van der Waals surface area contributed by atoms with Gasteiger partial charge in [-0.2, -0.15) is 0 Å². The van der Waals surface area contributed by atoms with Crippen molar-refractivity contribution >= 4 is 0 Å². The smallest absolute Gasteiger partial charge is 0.129 e. The Labute approximate surface area is 107 Å². The summed E-state index contributed by atoms with van der Waals surface area (Å²) in [5.74, 6) is -1.25. The van der Waals surface area contributed by atoms with E-state index in [9.17, 15) is 13.9 Å². The predicted octanol–water partition coefficient (Wildman–Crippen LogP) is 3.07. The van der Waals surface area contributed by atoms with Gasteiger partial charge in [0.1, 0.15) is 11.6 Å². The standard InChI is InChI=1S/C14H20F2O2/c1-3-6-14(18-4-2)13(17)9-10-11(15)7-5-8-12(10)16/h5,7-8,13-14,17H,3-4,6,9H2,1-2H3. The summed E-state index contributed by atoms with van der Waals surface area (Å²) in [5, 5.41) is 10.0. The number of hydrogen-bond acceptors (Lipinski definition) is 2. The molecule has 0 radical (unpaired) electrons. The highest BCUT2D eigenvalue weighted by Crippen LogP contribution is 2.18. The fourth-order valence-electron chi connectivity index (χ4n) is 1.95. The predicted molar refractivity (Wildman–Crippen MR) is 66.4 cm³/mol. The van der Waals surface area contributed by atoms with E-state index in [0.29, 0.717) is 13.0 Å². The zero-order chi connectivity index (χ0) is 13.5. The second-order valence-electron chi connectivity index (χ2n) is 4.25.